The maximum Gasteiger partial charge on any atom is 2.00 e. The predicted molar refractivity (Wildman–Crippen MR) is 0 cm³/mol. The molecule has 0 rings (SSSR count). The summed E-state index contributed by atoms with van der Waals surface area (Å²) >= 11 is -7.29. The molecule has 0 N–H and O–H groups in total. The maximum atomic E-state index is 8.52. The van der Waals surface area contributed by atoms with E-state index in [0.29, 0.717) is 0 Å². The van der Waals surface area contributed by atoms with Gasteiger partial charge < -0.3 is 25.2 Å². The van der Waals surface area contributed by atoms with Crippen LogP contribution in [0.2, 0.25) is 0 Å². The molecule has 0 saturated carbocycles. The monoisotopic (exact) mass is 368 g/mol. The van der Waals surface area contributed by atoms with Crippen LogP contribution in [0.1, 0.15) is 0 Å². The summed E-state index contributed by atoms with van der Waals surface area (Å²) in [6.07, 6.45) is 0. The number of hydrogen-bond donors (Lipinski definition) is 0. The Morgan fingerprint density at radius 3 is 0.556 bits per heavy atom. The van der Waals surface area contributed by atoms with Crippen LogP contribution in [0.15, 0.2) is 0 Å². The van der Waals surface area contributed by atoms with Crippen LogP contribution < -0.4 is 25.2 Å². The molecule has 0 spiro atoms. The zero-order chi connectivity index (χ0) is 7.15. The second-order valence-electron chi connectivity index (χ2n) is 0.378. The minimum Gasteiger partial charge on any atom is -0.405 e. The molecule has 0 heterocycles. The molecule has 6 nitrogen and oxygen atoms in total. The van der Waals surface area contributed by atoms with Gasteiger partial charge in [0.25, 0.3) is 0 Å². The minimum absolute atomic E-state index is 0. The number of halogens is 2. The van der Waals surface area contributed by atoms with Crippen molar-refractivity contribution < 1.29 is 82.1 Å². The Hall–Kier alpha value is 1.64. The summed E-state index contributed by atoms with van der Waals surface area (Å²) in [4.78, 5) is 0. The summed E-state index contributed by atoms with van der Waals surface area (Å²) in [5, 5.41) is 0. The molecule has 9 heteroatoms. The fourth-order valence-corrected chi connectivity index (χ4v) is 0. The Morgan fingerprint density at radius 1 is 0.556 bits per heavy atom. The van der Waals surface area contributed by atoms with E-state index in [2.05, 4.69) is 0 Å². The number of hydrogen-bond acceptors (Lipinski definition) is 6. The average molecular weight is 368 g/mol. The van der Waals surface area contributed by atoms with Crippen LogP contribution >= 0.6 is 0 Å². The molecule has 0 aliphatic rings. The van der Waals surface area contributed by atoms with Crippen molar-refractivity contribution >= 4 is 0 Å². The summed E-state index contributed by atoms with van der Waals surface area (Å²) in [5.74, 6) is 0. The summed E-state index contributed by atoms with van der Waals surface area (Å²) < 4.78 is 51.1. The van der Waals surface area contributed by atoms with Gasteiger partial charge in [-0.2, -0.15) is 0 Å². The van der Waals surface area contributed by atoms with Gasteiger partial charge in [-0.3, -0.25) is 0 Å². The third-order valence-electron chi connectivity index (χ3n) is 0. The molecule has 0 aliphatic carbocycles. The van der Waals surface area contributed by atoms with Crippen molar-refractivity contribution in [2.24, 2.45) is 0 Å². The van der Waals surface area contributed by atoms with Crippen LogP contribution in [0.3, 0.4) is 0 Å². The molecule has 0 radical (unpaired) electrons. The van der Waals surface area contributed by atoms with Crippen molar-refractivity contribution in [2.75, 3.05) is 0 Å². The Labute approximate surface area is 81.6 Å². The predicted octanol–water partition coefficient (Wildman–Crippen LogP) is -7.14. The van der Waals surface area contributed by atoms with E-state index in [4.69, 9.17) is 25.2 Å². The van der Waals surface area contributed by atoms with E-state index in [0.717, 1.165) is 0 Å². The van der Waals surface area contributed by atoms with Crippen LogP contribution in [0.4, 0.5) is 0 Å². The van der Waals surface area contributed by atoms with Gasteiger partial charge in [-0.05, 0) is 0 Å². The smallest absolute Gasteiger partial charge is 0.405 e. The summed E-state index contributed by atoms with van der Waals surface area (Å²) in [5.41, 5.74) is 0. The van der Waals surface area contributed by atoms with E-state index in [1.807, 2.05) is 0 Å². The SMILES string of the molecule is [Cd+2].[O-][Br+2]([O-])[O-].[O-][Br+2]([O-])[O-]. The van der Waals surface area contributed by atoms with Crippen LogP contribution in [0.25, 0.3) is 0 Å². The maximum absolute atomic E-state index is 8.52. The van der Waals surface area contributed by atoms with Crippen molar-refractivity contribution in [2.45, 2.75) is 0 Å². The molecule has 0 atom stereocenters. The first-order valence-electron chi connectivity index (χ1n) is 0.926. The third-order valence-corrected chi connectivity index (χ3v) is 0. The van der Waals surface area contributed by atoms with Crippen molar-refractivity contribution in [3.63, 3.8) is 0 Å². The second kappa shape index (κ2) is 12.3. The van der Waals surface area contributed by atoms with E-state index >= 15 is 0 Å². The molecule has 0 aliphatic heterocycles. The summed E-state index contributed by atoms with van der Waals surface area (Å²) in [6, 6.07) is 0. The van der Waals surface area contributed by atoms with E-state index < -0.39 is 29.6 Å². The Kier molecular flexibility index (Phi) is 23.2. The van der Waals surface area contributed by atoms with Crippen molar-refractivity contribution in [3.05, 3.63) is 0 Å². The van der Waals surface area contributed by atoms with Crippen molar-refractivity contribution in [1.29, 1.82) is 0 Å². The van der Waals surface area contributed by atoms with Gasteiger partial charge in [0.15, 0.2) is 0 Å². The van der Waals surface area contributed by atoms with Gasteiger partial charge in [0.2, 0.25) is 29.6 Å². The van der Waals surface area contributed by atoms with Crippen LogP contribution in [0.5, 0.6) is 0 Å². The van der Waals surface area contributed by atoms with Gasteiger partial charge in [-0.1, -0.05) is 0 Å². The Bertz CT molecular complexity index is 26.5. The Balaban J connectivity index is -0.0000000720. The summed E-state index contributed by atoms with van der Waals surface area (Å²) in [7, 11) is 0. The van der Waals surface area contributed by atoms with E-state index in [1.165, 1.54) is 0 Å². The second-order valence-corrected chi connectivity index (χ2v) is 1.96. The zero-order valence-electron chi connectivity index (χ0n) is 3.91. The van der Waals surface area contributed by atoms with Crippen molar-refractivity contribution in [1.82, 2.24) is 0 Å². The van der Waals surface area contributed by atoms with Gasteiger partial charge in [0, 0.05) is 0 Å². The fraction of sp³-hybridized carbons (Fsp3) is 0. The van der Waals surface area contributed by atoms with E-state index in [9.17, 15) is 0 Å². The average Bonchev–Trinajstić information content (AvgIpc) is 1.25. The fourth-order valence-electron chi connectivity index (χ4n) is 0. The first-order valence-corrected chi connectivity index (χ1v) is 4.81. The molecule has 0 unspecified atom stereocenters. The molecule has 0 aromatic rings. The molecule has 0 fully saturated rings. The minimum atomic E-state index is -3.65. The Morgan fingerprint density at radius 2 is 0.556 bits per heavy atom. The normalized spacial score (nSPS) is 8.00. The van der Waals surface area contributed by atoms with Gasteiger partial charge in [0.1, 0.15) is 0 Å². The topological polar surface area (TPSA) is 138 Å². The van der Waals surface area contributed by atoms with Crippen LogP contribution in [0, 0.1) is 29.6 Å². The van der Waals surface area contributed by atoms with Gasteiger partial charge in [-0.15, -0.1) is 0 Å². The van der Waals surface area contributed by atoms with E-state index in [1.54, 1.807) is 0 Å². The molecule has 9 heavy (non-hydrogen) atoms. The molecule has 0 bridgehead atoms. The largest absolute Gasteiger partial charge is 2.00 e. The molecular weight excluding hydrogens is 368 g/mol. The summed E-state index contributed by atoms with van der Waals surface area (Å²) in [6.45, 7) is 0. The quantitative estimate of drug-likeness (QED) is 0.390. The molecule has 52 valence electrons. The van der Waals surface area contributed by atoms with Crippen LogP contribution in [-0.4, -0.2) is 0 Å². The van der Waals surface area contributed by atoms with E-state index in [-0.39, 0.29) is 27.3 Å². The standard InChI is InChI=1S/2BrO3.Cd/c2*2-1(3)4;/q2*-1;+2. The molecule has 0 saturated heterocycles. The van der Waals surface area contributed by atoms with Crippen molar-refractivity contribution in [3.8, 4) is 0 Å². The van der Waals surface area contributed by atoms with Gasteiger partial charge >= 0.3 is 27.3 Å². The number of rotatable bonds is 0. The first-order chi connectivity index (χ1) is 3.46. The zero-order valence-corrected chi connectivity index (χ0v) is 11.1. The molecule has 0 amide bonds. The third kappa shape index (κ3) is 209. The van der Waals surface area contributed by atoms with Gasteiger partial charge in [0.05, 0.1) is 0 Å². The molecule has 0 aromatic carbocycles. The first kappa shape index (κ1) is 16.9. The van der Waals surface area contributed by atoms with Gasteiger partial charge in [-0.25, -0.2) is 0 Å². The van der Waals surface area contributed by atoms with Crippen LogP contribution in [-0.2, 0) is 27.3 Å². The molecular formula is Br2CdO6. The molecule has 0 aromatic heterocycles.